The number of fused-ring (bicyclic) bond motifs is 1. The molecule has 2 aromatic rings. The lowest BCUT2D eigenvalue weighted by molar-refractivity contribution is 0.233. The number of nitrogens with zero attached hydrogens (tertiary/aromatic N) is 1. The quantitative estimate of drug-likeness (QED) is 0.909. The summed E-state index contributed by atoms with van der Waals surface area (Å²) in [6.07, 6.45) is 2.69. The van der Waals surface area contributed by atoms with Gasteiger partial charge < -0.3 is 10.6 Å². The van der Waals surface area contributed by atoms with Crippen molar-refractivity contribution in [1.29, 1.82) is 0 Å². The molecule has 0 spiro atoms. The molecular weight excluding hydrogens is 294 g/mol. The highest BCUT2D eigenvalue weighted by Crippen LogP contribution is 2.35. The van der Waals surface area contributed by atoms with Crippen molar-refractivity contribution in [3.63, 3.8) is 0 Å². The molecule has 1 aliphatic rings. The van der Waals surface area contributed by atoms with E-state index in [0.717, 1.165) is 17.9 Å². The second-order valence-electron chi connectivity index (χ2n) is 5.32. The average molecular weight is 313 g/mol. The van der Waals surface area contributed by atoms with Crippen molar-refractivity contribution < 1.29 is 4.79 Å². The zero-order valence-electron chi connectivity index (χ0n) is 12.5. The Bertz CT molecular complexity index is 647. The summed E-state index contributed by atoms with van der Waals surface area (Å²) < 4.78 is 0. The number of rotatable bonds is 3. The number of pyridine rings is 1. The van der Waals surface area contributed by atoms with Crippen molar-refractivity contribution in [2.24, 2.45) is 0 Å². The van der Waals surface area contributed by atoms with Crippen LogP contribution < -0.4 is 10.6 Å². The molecule has 0 radical (unpaired) electrons. The first-order valence-electron chi connectivity index (χ1n) is 7.44. The molecule has 2 amide bonds. The molecule has 2 unspecified atom stereocenters. The van der Waals surface area contributed by atoms with Gasteiger partial charge in [-0.15, -0.1) is 11.8 Å². The van der Waals surface area contributed by atoms with Gasteiger partial charge in [0.15, 0.2) is 0 Å². The van der Waals surface area contributed by atoms with Gasteiger partial charge >= 0.3 is 6.03 Å². The fourth-order valence-electron chi connectivity index (χ4n) is 2.59. The maximum absolute atomic E-state index is 12.2. The van der Waals surface area contributed by atoms with Crippen LogP contribution in [0.1, 0.15) is 36.7 Å². The average Bonchev–Trinajstić information content (AvgIpc) is 2.56. The van der Waals surface area contributed by atoms with E-state index in [4.69, 9.17) is 0 Å². The van der Waals surface area contributed by atoms with E-state index in [1.54, 1.807) is 6.20 Å². The number of nitrogens with one attached hydrogen (secondary N) is 2. The number of amides is 2. The van der Waals surface area contributed by atoms with Crippen LogP contribution in [0.3, 0.4) is 0 Å². The van der Waals surface area contributed by atoms with Crippen LogP contribution in [0, 0.1) is 0 Å². The molecule has 1 aromatic carbocycles. The third-order valence-electron chi connectivity index (χ3n) is 3.74. The predicted molar refractivity (Wildman–Crippen MR) is 88.8 cm³/mol. The molecule has 0 saturated heterocycles. The smallest absolute Gasteiger partial charge is 0.315 e. The summed E-state index contributed by atoms with van der Waals surface area (Å²) in [6, 6.07) is 13.8. The Labute approximate surface area is 134 Å². The van der Waals surface area contributed by atoms with Gasteiger partial charge in [0.05, 0.1) is 17.8 Å². The fourth-order valence-corrected chi connectivity index (χ4v) is 3.72. The maximum atomic E-state index is 12.2. The lowest BCUT2D eigenvalue weighted by Crippen LogP contribution is -2.40. The molecule has 1 aliphatic heterocycles. The predicted octanol–water partition coefficient (Wildman–Crippen LogP) is 3.68. The van der Waals surface area contributed by atoms with E-state index in [0.29, 0.717) is 0 Å². The molecule has 2 atom stereocenters. The minimum atomic E-state index is -0.148. The number of hydrogen-bond donors (Lipinski definition) is 2. The first-order valence-corrected chi connectivity index (χ1v) is 8.42. The summed E-state index contributed by atoms with van der Waals surface area (Å²) >= 11 is 1.85. The van der Waals surface area contributed by atoms with Gasteiger partial charge in [-0.25, -0.2) is 4.79 Å². The van der Waals surface area contributed by atoms with E-state index in [9.17, 15) is 4.79 Å². The minimum absolute atomic E-state index is 0.0772. The Morgan fingerprint density at radius 2 is 2.09 bits per heavy atom. The van der Waals surface area contributed by atoms with Crippen LogP contribution in [0.15, 0.2) is 53.6 Å². The van der Waals surface area contributed by atoms with Crippen molar-refractivity contribution in [2.75, 3.05) is 5.75 Å². The summed E-state index contributed by atoms with van der Waals surface area (Å²) in [7, 11) is 0. The Balaban J connectivity index is 1.63. The topological polar surface area (TPSA) is 54.0 Å². The lowest BCUT2D eigenvalue weighted by atomic mass is 10.0. The number of hydrogen-bond acceptors (Lipinski definition) is 3. The Morgan fingerprint density at radius 1 is 1.27 bits per heavy atom. The van der Waals surface area contributed by atoms with Gasteiger partial charge in [0.25, 0.3) is 0 Å². The summed E-state index contributed by atoms with van der Waals surface area (Å²) in [5, 5.41) is 6.04. The highest BCUT2D eigenvalue weighted by atomic mass is 32.2. The van der Waals surface area contributed by atoms with E-state index in [-0.39, 0.29) is 18.1 Å². The van der Waals surface area contributed by atoms with E-state index < -0.39 is 0 Å². The van der Waals surface area contributed by atoms with Crippen molar-refractivity contribution in [2.45, 2.75) is 30.3 Å². The van der Waals surface area contributed by atoms with Crippen LogP contribution >= 0.6 is 11.8 Å². The van der Waals surface area contributed by atoms with E-state index >= 15 is 0 Å². The molecule has 4 nitrogen and oxygen atoms in total. The first kappa shape index (κ1) is 14.9. The highest BCUT2D eigenvalue weighted by Gasteiger charge is 2.22. The third-order valence-corrected chi connectivity index (χ3v) is 4.87. The monoisotopic (exact) mass is 313 g/mol. The van der Waals surface area contributed by atoms with E-state index in [2.05, 4.69) is 27.8 Å². The summed E-state index contributed by atoms with van der Waals surface area (Å²) in [5.74, 6) is 1.03. The van der Waals surface area contributed by atoms with Crippen LogP contribution in [0.5, 0.6) is 0 Å². The van der Waals surface area contributed by atoms with Gasteiger partial charge in [-0.1, -0.05) is 24.3 Å². The van der Waals surface area contributed by atoms with E-state index in [1.807, 2.05) is 49.0 Å². The van der Waals surface area contributed by atoms with Gasteiger partial charge in [-0.05, 0) is 37.1 Å². The molecule has 0 aliphatic carbocycles. The zero-order valence-corrected chi connectivity index (χ0v) is 13.3. The number of aromatic nitrogens is 1. The number of benzene rings is 1. The molecule has 114 valence electrons. The Hall–Kier alpha value is -2.01. The lowest BCUT2D eigenvalue weighted by Gasteiger charge is -2.26. The van der Waals surface area contributed by atoms with Crippen LogP contribution in [0.4, 0.5) is 4.79 Å². The molecule has 0 bridgehead atoms. The summed E-state index contributed by atoms with van der Waals surface area (Å²) in [5.41, 5.74) is 2.07. The van der Waals surface area contributed by atoms with E-state index in [1.165, 1.54) is 10.5 Å². The van der Waals surface area contributed by atoms with Gasteiger partial charge in [0.1, 0.15) is 0 Å². The molecule has 22 heavy (non-hydrogen) atoms. The zero-order chi connectivity index (χ0) is 15.4. The SMILES string of the molecule is CC(NC(=O)NC1CCSc2ccccc21)c1ccccn1. The molecule has 0 fully saturated rings. The number of thioether (sulfide) groups is 1. The molecular formula is C17H19N3OS. The Kier molecular flexibility index (Phi) is 4.63. The van der Waals surface area contributed by atoms with Crippen LogP contribution in [-0.4, -0.2) is 16.8 Å². The van der Waals surface area contributed by atoms with Crippen molar-refractivity contribution in [1.82, 2.24) is 15.6 Å². The standard InChI is InChI=1S/C17H19N3OS/c1-12(14-7-4-5-10-18-14)19-17(21)20-15-9-11-22-16-8-3-2-6-13(15)16/h2-8,10,12,15H,9,11H2,1H3,(H2,19,20,21). The second kappa shape index (κ2) is 6.83. The highest BCUT2D eigenvalue weighted by molar-refractivity contribution is 7.99. The van der Waals surface area contributed by atoms with Crippen LogP contribution in [0.2, 0.25) is 0 Å². The van der Waals surface area contributed by atoms with Crippen molar-refractivity contribution in [3.05, 3.63) is 59.9 Å². The molecule has 2 heterocycles. The van der Waals surface area contributed by atoms with Crippen LogP contribution in [-0.2, 0) is 0 Å². The number of urea groups is 1. The minimum Gasteiger partial charge on any atom is -0.331 e. The van der Waals surface area contributed by atoms with Crippen molar-refractivity contribution in [3.8, 4) is 0 Å². The van der Waals surface area contributed by atoms with Gasteiger partial charge in [-0.2, -0.15) is 0 Å². The number of carbonyl (C=O) groups is 1. The molecule has 0 saturated carbocycles. The molecule has 2 N–H and O–H groups in total. The normalized spacial score (nSPS) is 18.1. The molecule has 3 rings (SSSR count). The van der Waals surface area contributed by atoms with Gasteiger partial charge in [0, 0.05) is 16.8 Å². The second-order valence-corrected chi connectivity index (χ2v) is 6.46. The maximum Gasteiger partial charge on any atom is 0.315 e. The van der Waals surface area contributed by atoms with Crippen LogP contribution in [0.25, 0.3) is 0 Å². The molecule has 5 heteroatoms. The largest absolute Gasteiger partial charge is 0.331 e. The Morgan fingerprint density at radius 3 is 2.91 bits per heavy atom. The van der Waals surface area contributed by atoms with Gasteiger partial charge in [0.2, 0.25) is 0 Å². The van der Waals surface area contributed by atoms with Crippen molar-refractivity contribution >= 4 is 17.8 Å². The first-order chi connectivity index (χ1) is 10.7. The fraction of sp³-hybridized carbons (Fsp3) is 0.294. The summed E-state index contributed by atoms with van der Waals surface area (Å²) in [4.78, 5) is 17.8. The molecule has 1 aromatic heterocycles. The third kappa shape index (κ3) is 3.42. The van der Waals surface area contributed by atoms with Gasteiger partial charge in [-0.3, -0.25) is 4.98 Å². The number of carbonyl (C=O) groups excluding carboxylic acids is 1. The summed E-state index contributed by atoms with van der Waals surface area (Å²) in [6.45, 7) is 1.94.